The molecule has 2 heterocycles. The fraction of sp³-hybridized carbons (Fsp3) is 0.227. The SMILES string of the molecule is O=C1CN(c2ccc(CNC(=O)NCc3cnn(-c4ccc(F)cc4F)c3)cc2)CCN1. The van der Waals surface area contributed by atoms with Gasteiger partial charge in [-0.3, -0.25) is 4.79 Å². The van der Waals surface area contributed by atoms with E-state index in [1.165, 1.54) is 16.9 Å². The minimum absolute atomic E-state index is 0.00649. The number of benzene rings is 2. The summed E-state index contributed by atoms with van der Waals surface area (Å²) in [4.78, 5) is 25.6. The van der Waals surface area contributed by atoms with E-state index < -0.39 is 11.6 Å². The second-order valence-electron chi connectivity index (χ2n) is 7.36. The van der Waals surface area contributed by atoms with Crippen molar-refractivity contribution >= 4 is 17.6 Å². The number of nitrogens with zero attached hydrogens (tertiary/aromatic N) is 3. The minimum Gasteiger partial charge on any atom is -0.360 e. The minimum atomic E-state index is -0.722. The van der Waals surface area contributed by atoms with Crippen molar-refractivity contribution in [1.82, 2.24) is 25.7 Å². The molecule has 4 rings (SSSR count). The molecule has 10 heteroatoms. The smallest absolute Gasteiger partial charge is 0.315 e. The zero-order valence-corrected chi connectivity index (χ0v) is 17.1. The molecule has 0 bridgehead atoms. The second kappa shape index (κ2) is 9.46. The molecule has 0 unspecified atom stereocenters. The van der Waals surface area contributed by atoms with E-state index in [1.807, 2.05) is 29.2 Å². The summed E-state index contributed by atoms with van der Waals surface area (Å²) >= 11 is 0. The lowest BCUT2D eigenvalue weighted by molar-refractivity contribution is -0.120. The van der Waals surface area contributed by atoms with Gasteiger partial charge in [0.05, 0.1) is 12.7 Å². The van der Waals surface area contributed by atoms with Crippen molar-refractivity contribution in [3.8, 4) is 5.69 Å². The van der Waals surface area contributed by atoms with Crippen molar-refractivity contribution in [2.75, 3.05) is 24.5 Å². The van der Waals surface area contributed by atoms with Gasteiger partial charge in [0.15, 0.2) is 5.82 Å². The summed E-state index contributed by atoms with van der Waals surface area (Å²) < 4.78 is 28.2. The highest BCUT2D eigenvalue weighted by atomic mass is 19.1. The molecular weight excluding hydrogens is 418 g/mol. The summed E-state index contributed by atoms with van der Waals surface area (Å²) in [6, 6.07) is 10.6. The van der Waals surface area contributed by atoms with Gasteiger partial charge in [-0.05, 0) is 29.8 Å². The number of nitrogens with one attached hydrogen (secondary N) is 3. The molecule has 1 aliphatic heterocycles. The van der Waals surface area contributed by atoms with Crippen molar-refractivity contribution < 1.29 is 18.4 Å². The Labute approximate surface area is 183 Å². The molecule has 8 nitrogen and oxygen atoms in total. The molecule has 3 aromatic rings. The Morgan fingerprint density at radius 3 is 2.53 bits per heavy atom. The van der Waals surface area contributed by atoms with Crippen molar-refractivity contribution in [3.05, 3.63) is 77.6 Å². The maximum absolute atomic E-state index is 13.9. The quantitative estimate of drug-likeness (QED) is 0.548. The molecule has 0 saturated carbocycles. The van der Waals surface area contributed by atoms with Gasteiger partial charge in [-0.25, -0.2) is 18.3 Å². The largest absolute Gasteiger partial charge is 0.360 e. The van der Waals surface area contributed by atoms with Gasteiger partial charge >= 0.3 is 6.03 Å². The molecule has 0 aliphatic carbocycles. The summed E-state index contributed by atoms with van der Waals surface area (Å²) in [6.45, 7) is 2.26. The van der Waals surface area contributed by atoms with E-state index in [2.05, 4.69) is 21.0 Å². The summed E-state index contributed by atoms with van der Waals surface area (Å²) in [5.41, 5.74) is 2.67. The highest BCUT2D eigenvalue weighted by Crippen LogP contribution is 2.16. The number of amides is 3. The number of urea groups is 1. The van der Waals surface area contributed by atoms with E-state index >= 15 is 0 Å². The summed E-state index contributed by atoms with van der Waals surface area (Å²) in [5.74, 6) is -1.38. The Hall–Kier alpha value is -3.95. The normalized spacial score (nSPS) is 13.6. The predicted octanol–water partition coefficient (Wildman–Crippen LogP) is 2.09. The maximum Gasteiger partial charge on any atom is 0.315 e. The lowest BCUT2D eigenvalue weighted by Gasteiger charge is -2.28. The van der Waals surface area contributed by atoms with Crippen LogP contribution in [0.25, 0.3) is 5.69 Å². The first-order valence-corrected chi connectivity index (χ1v) is 10.1. The topological polar surface area (TPSA) is 91.3 Å². The average Bonchev–Trinajstić information content (AvgIpc) is 3.25. The number of piperazine rings is 1. The fourth-order valence-corrected chi connectivity index (χ4v) is 3.36. The number of halogens is 2. The van der Waals surface area contributed by atoms with E-state index in [0.29, 0.717) is 25.2 Å². The third-order valence-electron chi connectivity index (χ3n) is 5.04. The van der Waals surface area contributed by atoms with Crippen molar-refractivity contribution in [3.63, 3.8) is 0 Å². The molecule has 1 aliphatic rings. The number of hydrogen-bond donors (Lipinski definition) is 3. The maximum atomic E-state index is 13.9. The van der Waals surface area contributed by atoms with Gasteiger partial charge in [0.1, 0.15) is 11.5 Å². The monoisotopic (exact) mass is 440 g/mol. The van der Waals surface area contributed by atoms with Gasteiger partial charge in [0.2, 0.25) is 5.91 Å². The summed E-state index contributed by atoms with van der Waals surface area (Å²) in [5, 5.41) is 12.3. The van der Waals surface area contributed by atoms with Crippen LogP contribution < -0.4 is 20.9 Å². The molecule has 0 radical (unpaired) electrons. The van der Waals surface area contributed by atoms with Gasteiger partial charge < -0.3 is 20.9 Å². The van der Waals surface area contributed by atoms with Crippen molar-refractivity contribution in [2.45, 2.75) is 13.1 Å². The Balaban J connectivity index is 1.25. The molecule has 1 saturated heterocycles. The van der Waals surface area contributed by atoms with Gasteiger partial charge in [-0.1, -0.05) is 12.1 Å². The molecule has 166 valence electrons. The van der Waals surface area contributed by atoms with E-state index in [9.17, 15) is 18.4 Å². The van der Waals surface area contributed by atoms with Gasteiger partial charge in [0.25, 0.3) is 0 Å². The Kier molecular flexibility index (Phi) is 6.29. The fourth-order valence-electron chi connectivity index (χ4n) is 3.36. The molecule has 32 heavy (non-hydrogen) atoms. The first-order valence-electron chi connectivity index (χ1n) is 10.1. The second-order valence-corrected chi connectivity index (χ2v) is 7.36. The molecule has 0 atom stereocenters. The summed E-state index contributed by atoms with van der Waals surface area (Å²) in [6.07, 6.45) is 3.07. The first kappa shape index (κ1) is 21.3. The lowest BCUT2D eigenvalue weighted by atomic mass is 10.2. The third kappa shape index (κ3) is 5.20. The Morgan fingerprint density at radius 2 is 1.81 bits per heavy atom. The predicted molar refractivity (Wildman–Crippen MR) is 114 cm³/mol. The number of carbonyl (C=O) groups excluding carboxylic acids is 2. The molecule has 1 aromatic heterocycles. The molecule has 0 spiro atoms. The first-order chi connectivity index (χ1) is 15.5. The third-order valence-corrected chi connectivity index (χ3v) is 5.04. The van der Waals surface area contributed by atoms with Crippen LogP contribution in [0.2, 0.25) is 0 Å². The number of hydrogen-bond acceptors (Lipinski definition) is 4. The lowest BCUT2D eigenvalue weighted by Crippen LogP contribution is -2.47. The van der Waals surface area contributed by atoms with E-state index in [-0.39, 0.29) is 24.2 Å². The van der Waals surface area contributed by atoms with Crippen molar-refractivity contribution in [2.24, 2.45) is 0 Å². The van der Waals surface area contributed by atoms with Crippen LogP contribution in [-0.4, -0.2) is 41.4 Å². The zero-order chi connectivity index (χ0) is 22.5. The number of anilines is 1. The van der Waals surface area contributed by atoms with Crippen LogP contribution in [0.15, 0.2) is 54.9 Å². The highest BCUT2D eigenvalue weighted by Gasteiger charge is 2.16. The van der Waals surface area contributed by atoms with Crippen LogP contribution in [0, 0.1) is 11.6 Å². The zero-order valence-electron chi connectivity index (χ0n) is 17.1. The van der Waals surface area contributed by atoms with Gasteiger partial charge in [-0.15, -0.1) is 0 Å². The highest BCUT2D eigenvalue weighted by molar-refractivity contribution is 5.82. The van der Waals surface area contributed by atoms with Gasteiger partial charge in [-0.2, -0.15) is 5.10 Å². The van der Waals surface area contributed by atoms with Gasteiger partial charge in [0, 0.05) is 49.7 Å². The number of carbonyl (C=O) groups is 2. The number of rotatable bonds is 6. The van der Waals surface area contributed by atoms with Crippen LogP contribution in [0.1, 0.15) is 11.1 Å². The average molecular weight is 440 g/mol. The van der Waals surface area contributed by atoms with Crippen molar-refractivity contribution in [1.29, 1.82) is 0 Å². The van der Waals surface area contributed by atoms with Crippen LogP contribution in [0.3, 0.4) is 0 Å². The van der Waals surface area contributed by atoms with Crippen LogP contribution in [0.4, 0.5) is 19.3 Å². The molecule has 2 aromatic carbocycles. The van der Waals surface area contributed by atoms with Crippen LogP contribution in [-0.2, 0) is 17.9 Å². The van der Waals surface area contributed by atoms with Crippen LogP contribution >= 0.6 is 0 Å². The molecule has 3 amide bonds. The Morgan fingerprint density at radius 1 is 1.06 bits per heavy atom. The summed E-state index contributed by atoms with van der Waals surface area (Å²) in [7, 11) is 0. The molecule has 1 fully saturated rings. The van der Waals surface area contributed by atoms with E-state index in [1.54, 1.807) is 6.20 Å². The molecule has 3 N–H and O–H groups in total. The standard InChI is InChI=1S/C22H22F2N6O2/c23-17-3-6-20(19(24)9-17)30-13-16(12-28-30)11-27-22(32)26-10-15-1-4-18(5-2-15)29-8-7-25-21(31)14-29/h1-6,9,12-13H,7-8,10-11,14H2,(H,25,31)(H2,26,27,32). The molecular formula is C22H22F2N6O2. The van der Waals surface area contributed by atoms with Crippen LogP contribution in [0.5, 0.6) is 0 Å². The van der Waals surface area contributed by atoms with E-state index in [0.717, 1.165) is 29.9 Å². The van der Waals surface area contributed by atoms with E-state index in [4.69, 9.17) is 0 Å². The number of aromatic nitrogens is 2. The Bertz CT molecular complexity index is 1120.